The maximum Gasteiger partial charge on any atom is 0.245 e. The fourth-order valence-electron chi connectivity index (χ4n) is 1.93. The fraction of sp³-hybridized carbons (Fsp3) is 0.188. The highest BCUT2D eigenvalue weighted by molar-refractivity contribution is 5.96. The van der Waals surface area contributed by atoms with Gasteiger partial charge in [0, 0.05) is 5.69 Å². The first kappa shape index (κ1) is 14.1. The van der Waals surface area contributed by atoms with E-state index >= 15 is 0 Å². The third-order valence-electron chi connectivity index (χ3n) is 3.13. The Balaban J connectivity index is 2.12. The summed E-state index contributed by atoms with van der Waals surface area (Å²) < 4.78 is 5.13. The molecule has 104 valence electrons. The molecule has 0 aromatic heterocycles. The van der Waals surface area contributed by atoms with Crippen molar-refractivity contribution in [2.75, 3.05) is 12.4 Å². The molecule has 4 nitrogen and oxygen atoms in total. The molecule has 1 atom stereocenters. The number of hydrogen-bond acceptors (Lipinski definition) is 3. The second kappa shape index (κ2) is 6.21. The van der Waals surface area contributed by atoms with E-state index in [-0.39, 0.29) is 5.91 Å². The highest BCUT2D eigenvalue weighted by atomic mass is 16.5. The van der Waals surface area contributed by atoms with Gasteiger partial charge in [-0.3, -0.25) is 4.79 Å². The number of aryl methyl sites for hydroxylation is 1. The third kappa shape index (κ3) is 3.16. The van der Waals surface area contributed by atoms with Crippen LogP contribution in [0.25, 0.3) is 0 Å². The number of nitrogens with two attached hydrogens (primary N) is 1. The van der Waals surface area contributed by atoms with Crippen LogP contribution in [0, 0.1) is 6.92 Å². The van der Waals surface area contributed by atoms with Gasteiger partial charge in [-0.15, -0.1) is 0 Å². The summed E-state index contributed by atoms with van der Waals surface area (Å²) in [6.07, 6.45) is 0. The van der Waals surface area contributed by atoms with Gasteiger partial charge in [-0.1, -0.05) is 30.3 Å². The van der Waals surface area contributed by atoms with Crippen LogP contribution in [0.4, 0.5) is 5.69 Å². The van der Waals surface area contributed by atoms with E-state index in [2.05, 4.69) is 5.32 Å². The topological polar surface area (TPSA) is 64.3 Å². The van der Waals surface area contributed by atoms with Crippen molar-refractivity contribution < 1.29 is 9.53 Å². The Hall–Kier alpha value is -2.33. The number of carbonyl (C=O) groups excluding carboxylic acids is 1. The first-order valence-electron chi connectivity index (χ1n) is 6.38. The Morgan fingerprint density at radius 3 is 2.50 bits per heavy atom. The molecule has 0 aliphatic heterocycles. The highest BCUT2D eigenvalue weighted by Crippen LogP contribution is 2.22. The van der Waals surface area contributed by atoms with E-state index in [4.69, 9.17) is 10.5 Å². The van der Waals surface area contributed by atoms with Crippen LogP contribution in [0.3, 0.4) is 0 Å². The van der Waals surface area contributed by atoms with Gasteiger partial charge in [-0.2, -0.15) is 0 Å². The number of benzene rings is 2. The van der Waals surface area contributed by atoms with Crippen LogP contribution in [0.2, 0.25) is 0 Å². The Bertz CT molecular complexity index is 597. The molecule has 20 heavy (non-hydrogen) atoms. The minimum atomic E-state index is -0.683. The Labute approximate surface area is 118 Å². The van der Waals surface area contributed by atoms with Crippen molar-refractivity contribution >= 4 is 11.6 Å². The number of methoxy groups -OCH3 is 1. The monoisotopic (exact) mass is 270 g/mol. The van der Waals surface area contributed by atoms with Crippen molar-refractivity contribution in [3.8, 4) is 5.75 Å². The van der Waals surface area contributed by atoms with Crippen LogP contribution in [0.15, 0.2) is 48.5 Å². The van der Waals surface area contributed by atoms with Crippen LogP contribution >= 0.6 is 0 Å². The molecule has 0 aliphatic rings. The molecule has 0 saturated heterocycles. The molecule has 4 heteroatoms. The smallest absolute Gasteiger partial charge is 0.245 e. The van der Waals surface area contributed by atoms with Gasteiger partial charge in [-0.05, 0) is 36.2 Å². The van der Waals surface area contributed by atoms with E-state index in [1.54, 1.807) is 13.2 Å². The third-order valence-corrected chi connectivity index (χ3v) is 3.13. The predicted molar refractivity (Wildman–Crippen MR) is 79.7 cm³/mol. The number of rotatable bonds is 4. The average molecular weight is 270 g/mol. The number of anilines is 1. The second-order valence-electron chi connectivity index (χ2n) is 4.56. The summed E-state index contributed by atoms with van der Waals surface area (Å²) in [6, 6.07) is 14.1. The van der Waals surface area contributed by atoms with E-state index in [1.165, 1.54) is 0 Å². The average Bonchev–Trinajstić information content (AvgIpc) is 2.49. The molecule has 3 N–H and O–H groups in total. The SMILES string of the molecule is COc1ccc(NC(=O)[C@H](N)c2ccccc2)c(C)c1. The largest absolute Gasteiger partial charge is 0.497 e. The number of amides is 1. The van der Waals surface area contributed by atoms with Gasteiger partial charge < -0.3 is 15.8 Å². The maximum absolute atomic E-state index is 12.2. The summed E-state index contributed by atoms with van der Waals surface area (Å²) in [4.78, 5) is 12.2. The minimum absolute atomic E-state index is 0.232. The molecule has 2 rings (SSSR count). The lowest BCUT2D eigenvalue weighted by molar-refractivity contribution is -0.117. The Morgan fingerprint density at radius 2 is 1.90 bits per heavy atom. The van der Waals surface area contributed by atoms with Gasteiger partial charge in [0.05, 0.1) is 7.11 Å². The van der Waals surface area contributed by atoms with Gasteiger partial charge in [0.2, 0.25) is 5.91 Å². The van der Waals surface area contributed by atoms with Crippen molar-refractivity contribution in [3.05, 3.63) is 59.7 Å². The van der Waals surface area contributed by atoms with E-state index in [0.717, 1.165) is 22.6 Å². The minimum Gasteiger partial charge on any atom is -0.497 e. The van der Waals surface area contributed by atoms with E-state index in [0.29, 0.717) is 0 Å². The van der Waals surface area contributed by atoms with Gasteiger partial charge >= 0.3 is 0 Å². The maximum atomic E-state index is 12.2. The van der Waals surface area contributed by atoms with Gasteiger partial charge in [0.1, 0.15) is 11.8 Å². The second-order valence-corrected chi connectivity index (χ2v) is 4.56. The van der Waals surface area contributed by atoms with Crippen molar-refractivity contribution in [2.24, 2.45) is 5.73 Å². The summed E-state index contributed by atoms with van der Waals surface area (Å²) in [5.41, 5.74) is 8.41. The number of hydrogen-bond donors (Lipinski definition) is 2. The van der Waals surface area contributed by atoms with Crippen LogP contribution in [-0.4, -0.2) is 13.0 Å². The van der Waals surface area contributed by atoms with Crippen molar-refractivity contribution in [2.45, 2.75) is 13.0 Å². The van der Waals surface area contributed by atoms with Crippen LogP contribution in [-0.2, 0) is 4.79 Å². The molecule has 0 saturated carbocycles. The number of carbonyl (C=O) groups is 1. The molecule has 2 aromatic rings. The van der Waals surface area contributed by atoms with Crippen molar-refractivity contribution in [1.82, 2.24) is 0 Å². The fourth-order valence-corrected chi connectivity index (χ4v) is 1.93. The van der Waals surface area contributed by atoms with Crippen LogP contribution in [0.5, 0.6) is 5.75 Å². The van der Waals surface area contributed by atoms with Crippen molar-refractivity contribution in [3.63, 3.8) is 0 Å². The summed E-state index contributed by atoms with van der Waals surface area (Å²) in [5.74, 6) is 0.525. The molecule has 0 bridgehead atoms. The molecule has 0 fully saturated rings. The van der Waals surface area contributed by atoms with Crippen LogP contribution in [0.1, 0.15) is 17.2 Å². The highest BCUT2D eigenvalue weighted by Gasteiger charge is 2.16. The molecule has 0 radical (unpaired) electrons. The lowest BCUT2D eigenvalue weighted by Crippen LogP contribution is -2.27. The number of nitrogens with one attached hydrogen (secondary N) is 1. The van der Waals surface area contributed by atoms with E-state index in [9.17, 15) is 4.79 Å². The summed E-state index contributed by atoms with van der Waals surface area (Å²) in [7, 11) is 1.61. The van der Waals surface area contributed by atoms with E-state index < -0.39 is 6.04 Å². The first-order valence-corrected chi connectivity index (χ1v) is 6.38. The molecule has 0 heterocycles. The first-order chi connectivity index (χ1) is 9.61. The Kier molecular flexibility index (Phi) is 4.38. The quantitative estimate of drug-likeness (QED) is 0.897. The Morgan fingerprint density at radius 1 is 1.20 bits per heavy atom. The molecular weight excluding hydrogens is 252 g/mol. The lowest BCUT2D eigenvalue weighted by atomic mass is 10.1. The van der Waals surface area contributed by atoms with E-state index in [1.807, 2.05) is 49.4 Å². The molecular formula is C16H18N2O2. The lowest BCUT2D eigenvalue weighted by Gasteiger charge is -2.14. The normalized spacial score (nSPS) is 11.8. The predicted octanol–water partition coefficient (Wildman–Crippen LogP) is 2.64. The summed E-state index contributed by atoms with van der Waals surface area (Å²) in [6.45, 7) is 1.91. The molecule has 1 amide bonds. The van der Waals surface area contributed by atoms with Gasteiger partial charge in [0.25, 0.3) is 0 Å². The van der Waals surface area contributed by atoms with Crippen molar-refractivity contribution in [1.29, 1.82) is 0 Å². The number of ether oxygens (including phenoxy) is 1. The standard InChI is InChI=1S/C16H18N2O2/c1-11-10-13(20-2)8-9-14(11)18-16(19)15(17)12-6-4-3-5-7-12/h3-10,15H,17H2,1-2H3,(H,18,19)/t15-/m1/s1. The van der Waals surface area contributed by atoms with Gasteiger partial charge in [-0.25, -0.2) is 0 Å². The summed E-state index contributed by atoms with van der Waals surface area (Å²) >= 11 is 0. The van der Waals surface area contributed by atoms with Gasteiger partial charge in [0.15, 0.2) is 0 Å². The zero-order chi connectivity index (χ0) is 14.5. The van der Waals surface area contributed by atoms with Crippen LogP contribution < -0.4 is 15.8 Å². The summed E-state index contributed by atoms with van der Waals surface area (Å²) in [5, 5.41) is 2.84. The molecule has 0 spiro atoms. The molecule has 0 aliphatic carbocycles. The molecule has 2 aromatic carbocycles. The zero-order valence-electron chi connectivity index (χ0n) is 11.6. The zero-order valence-corrected chi connectivity index (χ0v) is 11.6. The molecule has 0 unspecified atom stereocenters.